The van der Waals surface area contributed by atoms with Crippen LogP contribution in [0.15, 0.2) is 0 Å². The van der Waals surface area contributed by atoms with Crippen molar-refractivity contribution in [2.75, 3.05) is 6.61 Å². The van der Waals surface area contributed by atoms with Crippen molar-refractivity contribution in [3.63, 3.8) is 0 Å². The smallest absolute Gasteiger partial charge is 0.313 e. The van der Waals surface area contributed by atoms with E-state index < -0.39 is 104 Å². The van der Waals surface area contributed by atoms with Crippen LogP contribution in [-0.4, -0.2) is 89.4 Å². The van der Waals surface area contributed by atoms with E-state index in [1.165, 1.54) is 0 Å². The summed E-state index contributed by atoms with van der Waals surface area (Å²) in [6.45, 7) is 3.27. The summed E-state index contributed by atoms with van der Waals surface area (Å²) >= 11 is 0. The predicted octanol–water partition coefficient (Wildman–Crippen LogP) is -1.26. The zero-order valence-electron chi connectivity index (χ0n) is 20.2. The normalized spacial score (nSPS) is 13.7. The number of ketones is 4. The minimum Gasteiger partial charge on any atom is -0.461 e. The van der Waals surface area contributed by atoms with E-state index in [0.717, 1.165) is 27.7 Å². The van der Waals surface area contributed by atoms with Gasteiger partial charge < -0.3 is 28.8 Å². The van der Waals surface area contributed by atoms with Gasteiger partial charge in [-0.3, -0.25) is 38.4 Å². The van der Waals surface area contributed by atoms with Crippen LogP contribution < -0.4 is 0 Å². The molecule has 200 valence electrons. The molecule has 0 aromatic rings. The molecule has 4 atom stereocenters. The van der Waals surface area contributed by atoms with Gasteiger partial charge in [-0.15, -0.1) is 0 Å². The van der Waals surface area contributed by atoms with Crippen LogP contribution in [0.4, 0.5) is 0 Å². The van der Waals surface area contributed by atoms with E-state index in [1.807, 2.05) is 0 Å². The Hall–Kier alpha value is -3.81. The fourth-order valence-corrected chi connectivity index (χ4v) is 2.60. The van der Waals surface area contributed by atoms with Crippen molar-refractivity contribution in [3.8, 4) is 0 Å². The molecule has 0 rings (SSSR count). The van der Waals surface area contributed by atoms with E-state index in [4.69, 9.17) is 18.9 Å². The monoisotopic (exact) mass is 516 g/mol. The zero-order chi connectivity index (χ0) is 28.0. The minimum atomic E-state index is -2.21. The van der Waals surface area contributed by atoms with E-state index in [1.54, 1.807) is 0 Å². The van der Waals surface area contributed by atoms with Gasteiger partial charge in [-0.2, -0.15) is 0 Å². The van der Waals surface area contributed by atoms with Crippen molar-refractivity contribution in [2.24, 2.45) is 0 Å². The Morgan fingerprint density at radius 2 is 0.972 bits per heavy atom. The highest BCUT2D eigenvalue weighted by atomic mass is 16.6. The second kappa shape index (κ2) is 16.0. The Morgan fingerprint density at radius 3 is 1.36 bits per heavy atom. The molecule has 1 N–H and O–H groups in total. The quantitative estimate of drug-likeness (QED) is 0.103. The van der Waals surface area contributed by atoms with Gasteiger partial charge in [-0.1, -0.05) is 0 Å². The summed E-state index contributed by atoms with van der Waals surface area (Å²) in [7, 11) is 0. The third-order valence-corrected chi connectivity index (χ3v) is 3.97. The Bertz CT molecular complexity index is 889. The molecule has 0 saturated heterocycles. The fraction of sp³-hybridized carbons (Fsp3) is 0.591. The molecule has 0 heterocycles. The third-order valence-electron chi connectivity index (χ3n) is 3.97. The molecule has 0 aromatic heterocycles. The van der Waals surface area contributed by atoms with Crippen LogP contribution in [0.2, 0.25) is 0 Å². The van der Waals surface area contributed by atoms with Crippen LogP contribution in [0.3, 0.4) is 0 Å². The van der Waals surface area contributed by atoms with Gasteiger partial charge in [0.25, 0.3) is 0 Å². The maximum atomic E-state index is 12.2. The predicted molar refractivity (Wildman–Crippen MR) is 114 cm³/mol. The summed E-state index contributed by atoms with van der Waals surface area (Å²) in [6, 6.07) is 0. The number of esters is 4. The van der Waals surface area contributed by atoms with Crippen LogP contribution in [0.25, 0.3) is 0 Å². The number of Topliss-reactive ketones (excluding diaryl/α,β-unsaturated/α-hetero) is 4. The maximum Gasteiger partial charge on any atom is 0.313 e. The van der Waals surface area contributed by atoms with Gasteiger partial charge in [0.2, 0.25) is 0 Å². The van der Waals surface area contributed by atoms with E-state index in [0.29, 0.717) is 0 Å². The first-order valence-electron chi connectivity index (χ1n) is 10.5. The summed E-state index contributed by atoms with van der Waals surface area (Å²) in [6.07, 6.45) is -11.5. The van der Waals surface area contributed by atoms with Crippen LogP contribution in [-0.2, 0) is 62.1 Å². The number of aliphatic hydroxyl groups is 1. The highest BCUT2D eigenvalue weighted by Gasteiger charge is 2.43. The molecule has 14 nitrogen and oxygen atoms in total. The molecule has 0 aliphatic carbocycles. The Balaban J connectivity index is 6.36. The Labute approximate surface area is 205 Å². The van der Waals surface area contributed by atoms with Crippen molar-refractivity contribution >= 4 is 53.3 Å². The van der Waals surface area contributed by atoms with Crippen molar-refractivity contribution < 1.29 is 67.2 Å². The lowest BCUT2D eigenvalue weighted by atomic mass is 10.0. The molecule has 36 heavy (non-hydrogen) atoms. The molecule has 0 unspecified atom stereocenters. The first kappa shape index (κ1) is 32.2. The number of carbonyl (C=O) groups is 9. The lowest BCUT2D eigenvalue weighted by Crippen LogP contribution is -2.53. The van der Waals surface area contributed by atoms with E-state index in [-0.39, 0.29) is 6.29 Å². The summed E-state index contributed by atoms with van der Waals surface area (Å²) < 4.78 is 19.9. The van der Waals surface area contributed by atoms with Crippen molar-refractivity contribution in [3.05, 3.63) is 0 Å². The van der Waals surface area contributed by atoms with Crippen molar-refractivity contribution in [2.45, 2.75) is 77.8 Å². The summed E-state index contributed by atoms with van der Waals surface area (Å²) in [5.74, 6) is -7.38. The highest BCUT2D eigenvalue weighted by Crippen LogP contribution is 2.19. The van der Waals surface area contributed by atoms with Crippen LogP contribution in [0.1, 0.15) is 53.4 Å². The molecular weight excluding hydrogens is 488 g/mol. The third kappa shape index (κ3) is 13.8. The van der Waals surface area contributed by atoms with Gasteiger partial charge >= 0.3 is 23.9 Å². The molecule has 0 saturated carbocycles. The van der Waals surface area contributed by atoms with E-state index in [2.05, 4.69) is 0 Å². The van der Waals surface area contributed by atoms with Gasteiger partial charge in [0.15, 0.2) is 24.6 Å². The van der Waals surface area contributed by atoms with Crippen molar-refractivity contribution in [1.29, 1.82) is 0 Å². The average molecular weight is 516 g/mol. The summed E-state index contributed by atoms with van der Waals surface area (Å²) in [4.78, 5) is 105. The van der Waals surface area contributed by atoms with Gasteiger partial charge in [-0.05, 0) is 27.7 Å². The topological polar surface area (TPSA) is 211 Å². The SMILES string of the molecule is CC(=O)CC(=O)OC[C@@H](OC(=O)CC(C)=O)[C@@H](OC(=O)CC(C)=O)[C@H](OC(=O)CC(C)=O)[C@@H](O)C=O. The Morgan fingerprint density at radius 1 is 0.611 bits per heavy atom. The molecule has 0 bridgehead atoms. The standard InChI is InChI=1S/C22H28O14/c1-11(24)5-17(29)33-10-16(34-18(30)6-12(2)25)22(36-20(32)8-14(4)27)21(15(28)9-23)35-19(31)7-13(3)26/h9,15-16,21-22,28H,5-8,10H2,1-4H3/t15-,16+,21+,22+/m0/s1. The highest BCUT2D eigenvalue weighted by molar-refractivity contribution is 5.96. The number of hydrogen-bond acceptors (Lipinski definition) is 14. The largest absolute Gasteiger partial charge is 0.461 e. The first-order chi connectivity index (χ1) is 16.7. The van der Waals surface area contributed by atoms with Gasteiger partial charge in [0.05, 0.1) is 0 Å². The molecule has 0 aromatic carbocycles. The fourth-order valence-electron chi connectivity index (χ4n) is 2.60. The second-order valence-electron chi connectivity index (χ2n) is 7.76. The molecule has 0 fully saturated rings. The molecule has 0 amide bonds. The van der Waals surface area contributed by atoms with Gasteiger partial charge in [-0.25, -0.2) is 0 Å². The summed E-state index contributed by atoms with van der Waals surface area (Å²) in [5, 5.41) is 10.2. The first-order valence-corrected chi connectivity index (χ1v) is 10.5. The number of rotatable bonds is 17. The number of ether oxygens (including phenoxy) is 4. The lowest BCUT2D eigenvalue weighted by molar-refractivity contribution is -0.200. The molecule has 0 aliphatic rings. The lowest BCUT2D eigenvalue weighted by Gasteiger charge is -2.33. The zero-order valence-corrected chi connectivity index (χ0v) is 20.2. The number of carbonyl (C=O) groups excluding carboxylic acids is 9. The second-order valence-corrected chi connectivity index (χ2v) is 7.76. The van der Waals surface area contributed by atoms with Crippen LogP contribution in [0.5, 0.6) is 0 Å². The average Bonchev–Trinajstić information content (AvgIpc) is 2.70. The Kier molecular flexibility index (Phi) is 14.3. The number of aliphatic hydroxyl groups excluding tert-OH is 1. The summed E-state index contributed by atoms with van der Waals surface area (Å²) in [5.41, 5.74) is 0. The molecule has 0 spiro atoms. The molecular formula is C22H28O14. The van der Waals surface area contributed by atoms with Crippen LogP contribution in [0, 0.1) is 0 Å². The van der Waals surface area contributed by atoms with E-state index >= 15 is 0 Å². The maximum absolute atomic E-state index is 12.2. The molecule has 0 aliphatic heterocycles. The number of aldehydes is 1. The van der Waals surface area contributed by atoms with E-state index in [9.17, 15) is 48.3 Å². The minimum absolute atomic E-state index is 0.117. The van der Waals surface area contributed by atoms with Crippen LogP contribution >= 0.6 is 0 Å². The van der Waals surface area contributed by atoms with Crippen molar-refractivity contribution in [1.82, 2.24) is 0 Å². The molecule has 14 heteroatoms. The van der Waals surface area contributed by atoms with Gasteiger partial charge in [0, 0.05) is 0 Å². The molecule has 0 radical (unpaired) electrons. The number of hydrogen-bond donors (Lipinski definition) is 1. The van der Waals surface area contributed by atoms with Gasteiger partial charge in [0.1, 0.15) is 61.5 Å².